The second kappa shape index (κ2) is 18.1. The van der Waals surface area contributed by atoms with Crippen LogP contribution in [0.1, 0.15) is 83.8 Å². The van der Waals surface area contributed by atoms with Crippen molar-refractivity contribution in [2.45, 2.75) is 97.4 Å². The molecule has 0 bridgehead atoms. The monoisotopic (exact) mass is 648 g/mol. The maximum Gasteiger partial charge on any atom is 0.408 e. The Labute approximate surface area is 270 Å². The van der Waals surface area contributed by atoms with Gasteiger partial charge in [-0.05, 0) is 70.4 Å². The number of carbonyl (C=O) groups is 5. The lowest BCUT2D eigenvalue weighted by Crippen LogP contribution is -2.48. The van der Waals surface area contributed by atoms with Crippen LogP contribution in [0.2, 0.25) is 0 Å². The average Bonchev–Trinajstić information content (AvgIpc) is 3.37. The van der Waals surface area contributed by atoms with Gasteiger partial charge in [0.05, 0.1) is 12.5 Å². The van der Waals surface area contributed by atoms with Crippen molar-refractivity contribution in [1.82, 2.24) is 20.4 Å². The van der Waals surface area contributed by atoms with Crippen molar-refractivity contribution in [1.29, 1.82) is 0 Å². The number of allylic oxidation sites excluding steroid dienone is 2. The number of hydrogen-bond donors (Lipinski definition) is 4. The Hall–Kier alpha value is -4.16. The van der Waals surface area contributed by atoms with Crippen molar-refractivity contribution in [2.24, 2.45) is 11.8 Å². The van der Waals surface area contributed by atoms with Gasteiger partial charge in [-0.25, -0.2) is 14.0 Å². The summed E-state index contributed by atoms with van der Waals surface area (Å²) >= 11 is 0. The highest BCUT2D eigenvalue weighted by molar-refractivity contribution is 5.89. The van der Waals surface area contributed by atoms with Crippen molar-refractivity contribution in [3.05, 3.63) is 47.3 Å². The summed E-state index contributed by atoms with van der Waals surface area (Å²) in [5, 5.41) is 22.3. The van der Waals surface area contributed by atoms with Gasteiger partial charge < -0.3 is 30.5 Å². The molecule has 3 atom stereocenters. The quantitative estimate of drug-likeness (QED) is 0.217. The molecule has 0 spiro atoms. The van der Waals surface area contributed by atoms with E-state index < -0.39 is 29.8 Å². The van der Waals surface area contributed by atoms with E-state index in [2.05, 4.69) is 29.7 Å². The molecule has 1 aromatic carbocycles. The van der Waals surface area contributed by atoms with Crippen LogP contribution in [0, 0.1) is 17.7 Å². The third-order valence-electron chi connectivity index (χ3n) is 7.62. The lowest BCUT2D eigenvalue weighted by atomic mass is 10.1. The van der Waals surface area contributed by atoms with Crippen molar-refractivity contribution >= 4 is 30.0 Å². The maximum atomic E-state index is 13.1. The second-order valence-corrected chi connectivity index (χ2v) is 12.5. The number of nitrogens with one attached hydrogen (secondary N) is 2. The number of halogens is 1. The van der Waals surface area contributed by atoms with E-state index in [-0.39, 0.29) is 36.6 Å². The number of likely N-dealkylation sites (N-methyl/N-ethyl adjacent to an activating group) is 1. The number of amides is 4. The van der Waals surface area contributed by atoms with E-state index in [1.807, 2.05) is 0 Å². The van der Waals surface area contributed by atoms with Gasteiger partial charge in [-0.3, -0.25) is 19.3 Å². The number of rotatable bonds is 9. The van der Waals surface area contributed by atoms with Crippen LogP contribution in [0.3, 0.4) is 0 Å². The van der Waals surface area contributed by atoms with Gasteiger partial charge in [-0.1, -0.05) is 44.1 Å². The number of unbranched alkanes of at least 4 members (excludes halogenated alkanes) is 3. The van der Waals surface area contributed by atoms with E-state index in [4.69, 9.17) is 14.9 Å². The molecule has 46 heavy (non-hydrogen) atoms. The van der Waals surface area contributed by atoms with Crippen LogP contribution in [0.15, 0.2) is 30.4 Å². The molecule has 256 valence electrons. The molecule has 2 heterocycles. The number of fused-ring (bicyclic) bond motifs is 1. The first-order valence-corrected chi connectivity index (χ1v) is 15.8. The van der Waals surface area contributed by atoms with E-state index in [9.17, 15) is 28.4 Å². The second-order valence-electron chi connectivity index (χ2n) is 12.5. The predicted octanol–water partition coefficient (Wildman–Crippen LogP) is 4.91. The number of ether oxygens (including phenoxy) is 1. The number of aliphatic carboxylic acids is 1. The van der Waals surface area contributed by atoms with Gasteiger partial charge in [0.2, 0.25) is 11.8 Å². The molecule has 3 aliphatic rings. The fraction of sp³-hybridized carbons (Fsp3) is 0.606. The fourth-order valence-electron chi connectivity index (χ4n) is 5.08. The standard InChI is InChI=1S/C13H23N3O4.C11H18O2.C9H8FNO2/c1-13(2,3)20-12(19)15-8-10(17)16-7-5-6-9(16)11(18)14-4;1-2-3-4-5-6-7-9-8-10(9)11(12)13;10-8-3-1-2-6-4-11(9(12)13)5-7(6)8/h9H,5-8H2,1-4H3,(H,14,18)(H,15,19);6-7,9-10H,2-5,8H2,1H3,(H,12,13);1-3H,4-5H2,(H,12,13)/b;7-6-;/t9-;9?,10-;/m00./s1. The normalized spacial score (nSPS) is 19.7. The minimum Gasteiger partial charge on any atom is -0.481 e. The number of hydrogen-bond acceptors (Lipinski definition) is 6. The van der Waals surface area contributed by atoms with Crippen molar-refractivity contribution in [3.63, 3.8) is 0 Å². The van der Waals surface area contributed by atoms with Gasteiger partial charge >= 0.3 is 18.2 Å². The molecular weight excluding hydrogens is 599 g/mol. The summed E-state index contributed by atoms with van der Waals surface area (Å²) in [6, 6.07) is 4.26. The smallest absolute Gasteiger partial charge is 0.408 e. The zero-order chi connectivity index (χ0) is 34.4. The van der Waals surface area contributed by atoms with Crippen molar-refractivity contribution in [2.75, 3.05) is 20.1 Å². The number of likely N-dealkylation sites (tertiary alicyclic amines) is 1. The van der Waals surface area contributed by atoms with Gasteiger partial charge in [0.25, 0.3) is 0 Å². The number of carboxylic acids is 1. The molecule has 4 amide bonds. The molecule has 0 radical (unpaired) electrons. The van der Waals surface area contributed by atoms with Gasteiger partial charge in [0.1, 0.15) is 24.0 Å². The number of alkyl carbamates (subject to hydrolysis) is 1. The van der Waals surface area contributed by atoms with Crippen LogP contribution in [0.4, 0.5) is 14.0 Å². The predicted molar refractivity (Wildman–Crippen MR) is 169 cm³/mol. The molecule has 1 aromatic rings. The van der Waals surface area contributed by atoms with Crippen LogP contribution < -0.4 is 10.6 Å². The van der Waals surface area contributed by atoms with Crippen LogP contribution in [-0.2, 0) is 32.2 Å². The molecule has 1 saturated heterocycles. The molecule has 0 aromatic heterocycles. The maximum absolute atomic E-state index is 13.1. The summed E-state index contributed by atoms with van der Waals surface area (Å²) in [7, 11) is 1.54. The van der Waals surface area contributed by atoms with E-state index in [0.717, 1.165) is 24.8 Å². The molecule has 2 aliphatic heterocycles. The number of benzene rings is 1. The van der Waals surface area contributed by atoms with Crippen molar-refractivity contribution < 1.29 is 43.3 Å². The highest BCUT2D eigenvalue weighted by atomic mass is 19.1. The summed E-state index contributed by atoms with van der Waals surface area (Å²) in [6.07, 6.45) is 9.73. The molecule has 12 nitrogen and oxygen atoms in total. The molecule has 2 fully saturated rings. The van der Waals surface area contributed by atoms with Crippen LogP contribution in [-0.4, -0.2) is 81.8 Å². The first-order chi connectivity index (χ1) is 21.7. The lowest BCUT2D eigenvalue weighted by molar-refractivity contribution is -0.138. The minimum atomic E-state index is -1.00. The first-order valence-electron chi connectivity index (χ1n) is 15.8. The molecule has 1 unspecified atom stereocenters. The zero-order valence-electron chi connectivity index (χ0n) is 27.5. The first kappa shape index (κ1) is 38.0. The van der Waals surface area contributed by atoms with Gasteiger partial charge in [-0.15, -0.1) is 0 Å². The molecule has 4 N–H and O–H groups in total. The van der Waals surface area contributed by atoms with Crippen LogP contribution in [0.5, 0.6) is 0 Å². The van der Waals surface area contributed by atoms with E-state index in [0.29, 0.717) is 31.0 Å². The van der Waals surface area contributed by atoms with Gasteiger partial charge in [-0.2, -0.15) is 0 Å². The lowest BCUT2D eigenvalue weighted by Gasteiger charge is -2.24. The largest absolute Gasteiger partial charge is 0.481 e. The van der Waals surface area contributed by atoms with E-state index in [1.54, 1.807) is 40.0 Å². The van der Waals surface area contributed by atoms with Crippen molar-refractivity contribution in [3.8, 4) is 0 Å². The Morgan fingerprint density at radius 1 is 1.11 bits per heavy atom. The third kappa shape index (κ3) is 12.7. The summed E-state index contributed by atoms with van der Waals surface area (Å²) in [5.74, 6) is -1.15. The fourth-order valence-corrected chi connectivity index (χ4v) is 5.08. The number of nitrogens with zero attached hydrogens (tertiary/aromatic N) is 2. The Balaban J connectivity index is 0.000000249. The summed E-state index contributed by atoms with van der Waals surface area (Å²) in [6.45, 7) is 8.25. The summed E-state index contributed by atoms with van der Waals surface area (Å²) < 4.78 is 18.2. The van der Waals surface area contributed by atoms with E-state index in [1.165, 1.54) is 35.1 Å². The van der Waals surface area contributed by atoms with Gasteiger partial charge in [0, 0.05) is 25.7 Å². The Morgan fingerprint density at radius 3 is 2.39 bits per heavy atom. The van der Waals surface area contributed by atoms with Crippen LogP contribution in [0.25, 0.3) is 0 Å². The number of carboxylic acid groups (broad SMARTS) is 2. The number of carbonyl (C=O) groups excluding carboxylic acids is 3. The minimum absolute atomic E-state index is 0.0811. The highest BCUT2D eigenvalue weighted by Gasteiger charge is 2.41. The Bertz CT molecular complexity index is 1250. The highest BCUT2D eigenvalue weighted by Crippen LogP contribution is 2.39. The Kier molecular flexibility index (Phi) is 15.0. The molecule has 1 saturated carbocycles. The zero-order valence-corrected chi connectivity index (χ0v) is 27.5. The summed E-state index contributed by atoms with van der Waals surface area (Å²) in [5.41, 5.74) is 0.665. The molecule has 4 rings (SSSR count). The van der Waals surface area contributed by atoms with E-state index >= 15 is 0 Å². The summed E-state index contributed by atoms with van der Waals surface area (Å²) in [4.78, 5) is 58.9. The van der Waals surface area contributed by atoms with Gasteiger partial charge in [0.15, 0.2) is 0 Å². The third-order valence-corrected chi connectivity index (χ3v) is 7.62. The Morgan fingerprint density at radius 2 is 1.83 bits per heavy atom. The topological polar surface area (TPSA) is 166 Å². The SMILES string of the molecule is CCCCC/C=C\C1C[C@@H]1C(=O)O.CNC(=O)[C@@H]1CCCN1C(=O)CNC(=O)OC(C)(C)C.O=C(O)N1Cc2cccc(F)c2C1. The van der Waals surface area contributed by atoms with Crippen LogP contribution >= 0.6 is 0 Å². The molecule has 1 aliphatic carbocycles. The molecule has 13 heteroatoms. The average molecular weight is 649 g/mol. The molecular formula is C33H49FN4O8.